The number of hydrogen-bond donors (Lipinski definition) is 1. The summed E-state index contributed by atoms with van der Waals surface area (Å²) in [5, 5.41) is 4.11. The first-order valence-corrected chi connectivity index (χ1v) is 13.0. The Bertz CT molecular complexity index is 1090. The van der Waals surface area contributed by atoms with Crippen molar-refractivity contribution in [2.45, 2.75) is 49.2 Å². The Kier molecular flexibility index (Phi) is 6.84. The van der Waals surface area contributed by atoms with Crippen molar-refractivity contribution in [3.63, 3.8) is 0 Å². The third kappa shape index (κ3) is 4.41. The van der Waals surface area contributed by atoms with E-state index in [1.807, 2.05) is 35.2 Å². The second-order valence-corrected chi connectivity index (χ2v) is 11.1. The quantitative estimate of drug-likeness (QED) is 0.658. The van der Waals surface area contributed by atoms with Crippen molar-refractivity contribution >= 4 is 39.1 Å². The van der Waals surface area contributed by atoms with E-state index in [-0.39, 0.29) is 21.9 Å². The molecule has 2 aliphatic rings. The van der Waals surface area contributed by atoms with Crippen LogP contribution in [0.1, 0.15) is 31.7 Å². The Morgan fingerprint density at radius 2 is 1.75 bits per heavy atom. The van der Waals surface area contributed by atoms with Crippen molar-refractivity contribution in [1.29, 1.82) is 0 Å². The van der Waals surface area contributed by atoms with E-state index in [4.69, 9.17) is 23.2 Å². The summed E-state index contributed by atoms with van der Waals surface area (Å²) in [6.45, 7) is 3.34. The fourth-order valence-corrected chi connectivity index (χ4v) is 6.53. The molecular weight excluding hydrogens is 469 g/mol. The Morgan fingerprint density at radius 3 is 2.38 bits per heavy atom. The zero-order valence-electron chi connectivity index (χ0n) is 17.9. The second-order valence-electron chi connectivity index (χ2n) is 8.39. The van der Waals surface area contributed by atoms with Crippen molar-refractivity contribution in [2.24, 2.45) is 0 Å². The summed E-state index contributed by atoms with van der Waals surface area (Å²) in [6.07, 6.45) is 2.53. The molecule has 1 N–H and O–H groups in total. The zero-order valence-corrected chi connectivity index (χ0v) is 20.3. The molecule has 32 heavy (non-hydrogen) atoms. The highest BCUT2D eigenvalue weighted by atomic mass is 35.5. The Labute approximate surface area is 199 Å². The van der Waals surface area contributed by atoms with Gasteiger partial charge in [0.25, 0.3) is 0 Å². The molecule has 1 atom stereocenters. The topological polar surface area (TPSA) is 69.7 Å². The number of nitrogens with zero attached hydrogens (tertiary/aromatic N) is 2. The van der Waals surface area contributed by atoms with Crippen LogP contribution in [0.5, 0.6) is 0 Å². The van der Waals surface area contributed by atoms with Gasteiger partial charge in [-0.05, 0) is 49.4 Å². The molecule has 2 aromatic rings. The van der Waals surface area contributed by atoms with Gasteiger partial charge in [0.2, 0.25) is 15.9 Å². The van der Waals surface area contributed by atoms with Crippen LogP contribution < -0.4 is 5.32 Å². The van der Waals surface area contributed by atoms with Crippen molar-refractivity contribution in [2.75, 3.05) is 19.6 Å². The first-order chi connectivity index (χ1) is 15.3. The van der Waals surface area contributed by atoms with Gasteiger partial charge < -0.3 is 4.90 Å². The standard InChI is InChI=1S/C23H27Cl2N3O3S/c1-2-12-28-22(29)21(15-17-6-4-3-5-7-17)26-23(28)10-13-27(14-11-23)32(30,31)18-8-9-19(24)20(25)16-18/h3-9,16,21,26H,2,10-15H2,1H3/t21-/m1/s1. The van der Waals surface area contributed by atoms with Crippen LogP contribution in [0.3, 0.4) is 0 Å². The third-order valence-electron chi connectivity index (χ3n) is 6.33. The number of nitrogens with one attached hydrogen (secondary N) is 1. The predicted molar refractivity (Wildman–Crippen MR) is 126 cm³/mol. The van der Waals surface area contributed by atoms with Gasteiger partial charge in [-0.3, -0.25) is 10.1 Å². The molecule has 9 heteroatoms. The van der Waals surface area contributed by atoms with Crippen LogP contribution in [0.4, 0.5) is 0 Å². The molecule has 0 radical (unpaired) electrons. The maximum atomic E-state index is 13.2. The van der Waals surface area contributed by atoms with Gasteiger partial charge in [-0.1, -0.05) is 60.5 Å². The molecule has 172 valence electrons. The molecule has 0 unspecified atom stereocenters. The van der Waals surface area contributed by atoms with Gasteiger partial charge in [0.05, 0.1) is 26.6 Å². The number of rotatable bonds is 6. The minimum absolute atomic E-state index is 0.0940. The first kappa shape index (κ1) is 23.5. The molecule has 1 spiro atoms. The Hall–Kier alpha value is -1.64. The highest BCUT2D eigenvalue weighted by Gasteiger charge is 2.51. The van der Waals surface area contributed by atoms with Gasteiger partial charge in [-0.25, -0.2) is 8.42 Å². The summed E-state index contributed by atoms with van der Waals surface area (Å²) in [5.41, 5.74) is 0.586. The molecule has 0 bridgehead atoms. The minimum Gasteiger partial charge on any atom is -0.323 e. The molecule has 0 aliphatic carbocycles. The van der Waals surface area contributed by atoms with E-state index in [1.165, 1.54) is 22.5 Å². The molecule has 2 saturated heterocycles. The van der Waals surface area contributed by atoms with E-state index in [1.54, 1.807) is 0 Å². The zero-order chi connectivity index (χ0) is 22.9. The Balaban J connectivity index is 1.52. The molecule has 0 aromatic heterocycles. The van der Waals surface area contributed by atoms with E-state index in [0.29, 0.717) is 43.9 Å². The molecule has 1 amide bonds. The molecule has 6 nitrogen and oxygen atoms in total. The van der Waals surface area contributed by atoms with Gasteiger partial charge in [-0.15, -0.1) is 0 Å². The van der Waals surface area contributed by atoms with Crippen LogP contribution in [-0.2, 0) is 21.2 Å². The molecule has 2 fully saturated rings. The average molecular weight is 496 g/mol. The average Bonchev–Trinajstić information content (AvgIpc) is 3.02. The lowest BCUT2D eigenvalue weighted by molar-refractivity contribution is -0.133. The number of carbonyl (C=O) groups excluding carboxylic acids is 1. The number of piperidine rings is 1. The molecular formula is C23H27Cl2N3O3S. The lowest BCUT2D eigenvalue weighted by Crippen LogP contribution is -2.59. The highest BCUT2D eigenvalue weighted by molar-refractivity contribution is 7.89. The Morgan fingerprint density at radius 1 is 1.06 bits per heavy atom. The fraction of sp³-hybridized carbons (Fsp3) is 0.435. The third-order valence-corrected chi connectivity index (χ3v) is 8.97. The van der Waals surface area contributed by atoms with Crippen molar-refractivity contribution < 1.29 is 13.2 Å². The van der Waals surface area contributed by atoms with Crippen LogP contribution >= 0.6 is 23.2 Å². The van der Waals surface area contributed by atoms with Gasteiger partial charge in [0.1, 0.15) is 0 Å². The van der Waals surface area contributed by atoms with Gasteiger partial charge in [0, 0.05) is 19.6 Å². The number of hydrogen-bond acceptors (Lipinski definition) is 4. The van der Waals surface area contributed by atoms with Gasteiger partial charge in [0.15, 0.2) is 0 Å². The largest absolute Gasteiger partial charge is 0.323 e. The maximum absolute atomic E-state index is 13.2. The summed E-state index contributed by atoms with van der Waals surface area (Å²) in [6, 6.07) is 14.0. The normalized spacial score (nSPS) is 21.4. The molecule has 0 saturated carbocycles. The fourth-order valence-electron chi connectivity index (χ4n) is 4.70. The predicted octanol–water partition coefficient (Wildman–Crippen LogP) is 3.93. The van der Waals surface area contributed by atoms with E-state index < -0.39 is 15.7 Å². The number of sulfonamides is 1. The van der Waals surface area contributed by atoms with E-state index in [2.05, 4.69) is 12.2 Å². The summed E-state index contributed by atoms with van der Waals surface area (Å²) >= 11 is 12.0. The number of amides is 1. The molecule has 4 rings (SSSR count). The van der Waals surface area contributed by atoms with Crippen molar-refractivity contribution in [1.82, 2.24) is 14.5 Å². The lowest BCUT2D eigenvalue weighted by Gasteiger charge is -2.44. The number of halogens is 2. The minimum atomic E-state index is -3.69. The first-order valence-electron chi connectivity index (χ1n) is 10.9. The summed E-state index contributed by atoms with van der Waals surface area (Å²) in [5.74, 6) is 0.0940. The maximum Gasteiger partial charge on any atom is 0.243 e. The SMILES string of the molecule is CCCN1C(=O)[C@@H](Cc2ccccc2)NC12CCN(S(=O)(=O)c1ccc(Cl)c(Cl)c1)CC2. The van der Waals surface area contributed by atoms with E-state index >= 15 is 0 Å². The summed E-state index contributed by atoms with van der Waals surface area (Å²) in [7, 11) is -3.69. The molecule has 2 aromatic carbocycles. The van der Waals surface area contributed by atoms with Gasteiger partial charge >= 0.3 is 0 Å². The van der Waals surface area contributed by atoms with Crippen LogP contribution in [-0.4, -0.2) is 54.9 Å². The van der Waals surface area contributed by atoms with Crippen LogP contribution in [0.15, 0.2) is 53.4 Å². The van der Waals surface area contributed by atoms with Crippen LogP contribution in [0, 0.1) is 0 Å². The van der Waals surface area contributed by atoms with Gasteiger partial charge in [-0.2, -0.15) is 4.31 Å². The number of carbonyl (C=O) groups is 1. The van der Waals surface area contributed by atoms with Crippen molar-refractivity contribution in [3.05, 3.63) is 64.1 Å². The summed E-state index contributed by atoms with van der Waals surface area (Å²) in [4.78, 5) is 15.3. The monoisotopic (exact) mass is 495 g/mol. The highest BCUT2D eigenvalue weighted by Crippen LogP contribution is 2.36. The smallest absolute Gasteiger partial charge is 0.243 e. The molecule has 2 aliphatic heterocycles. The summed E-state index contributed by atoms with van der Waals surface area (Å²) < 4.78 is 27.8. The number of benzene rings is 2. The lowest BCUT2D eigenvalue weighted by atomic mass is 9.97. The second kappa shape index (κ2) is 9.31. The van der Waals surface area contributed by atoms with E-state index in [9.17, 15) is 13.2 Å². The molecule has 2 heterocycles. The van der Waals surface area contributed by atoms with E-state index in [0.717, 1.165) is 12.0 Å². The van der Waals surface area contributed by atoms with Crippen LogP contribution in [0.25, 0.3) is 0 Å². The van der Waals surface area contributed by atoms with Crippen LogP contribution in [0.2, 0.25) is 10.0 Å². The van der Waals surface area contributed by atoms with Crippen molar-refractivity contribution in [3.8, 4) is 0 Å².